The Morgan fingerprint density at radius 3 is 2.58 bits per heavy atom. The van der Waals surface area contributed by atoms with Gasteiger partial charge in [0.25, 0.3) is 5.91 Å². The van der Waals surface area contributed by atoms with Crippen molar-refractivity contribution in [3.05, 3.63) is 65.2 Å². The summed E-state index contributed by atoms with van der Waals surface area (Å²) < 4.78 is 6.12. The Bertz CT molecular complexity index is 906. The number of amides is 1. The maximum absolute atomic E-state index is 12.2. The molecule has 1 unspecified atom stereocenters. The van der Waals surface area contributed by atoms with Gasteiger partial charge in [0.05, 0.1) is 6.04 Å². The van der Waals surface area contributed by atoms with Gasteiger partial charge < -0.3 is 20.7 Å². The molecule has 1 aliphatic heterocycles. The van der Waals surface area contributed by atoms with E-state index >= 15 is 0 Å². The van der Waals surface area contributed by atoms with Crippen molar-refractivity contribution in [1.82, 2.24) is 16.0 Å². The van der Waals surface area contributed by atoms with E-state index in [1.54, 1.807) is 7.05 Å². The van der Waals surface area contributed by atoms with E-state index in [1.807, 2.05) is 42.5 Å². The molecule has 0 fully saturated rings. The maximum atomic E-state index is 12.2. The largest absolute Gasteiger partial charge is 0.487 e. The Kier molecular flexibility index (Phi) is 7.55. The number of nitrogens with one attached hydrogen (secondary N) is 3. The number of rotatable bonds is 7. The molecule has 0 radical (unpaired) electrons. The van der Waals surface area contributed by atoms with Gasteiger partial charge in [0.1, 0.15) is 11.4 Å². The minimum Gasteiger partial charge on any atom is -0.487 e. The van der Waals surface area contributed by atoms with Crippen molar-refractivity contribution in [3.63, 3.8) is 0 Å². The number of guanidine groups is 1. The summed E-state index contributed by atoms with van der Waals surface area (Å²) in [4.78, 5) is 16.5. The zero-order valence-corrected chi connectivity index (χ0v) is 19.0. The van der Waals surface area contributed by atoms with E-state index in [0.29, 0.717) is 18.7 Å². The van der Waals surface area contributed by atoms with Crippen molar-refractivity contribution in [2.24, 2.45) is 4.99 Å². The van der Waals surface area contributed by atoms with E-state index in [0.717, 1.165) is 42.1 Å². The molecule has 6 heteroatoms. The fourth-order valence-electron chi connectivity index (χ4n) is 3.73. The van der Waals surface area contributed by atoms with Crippen molar-refractivity contribution in [3.8, 4) is 5.75 Å². The van der Waals surface area contributed by atoms with Crippen LogP contribution in [0.2, 0.25) is 0 Å². The fraction of sp³-hybridized carbons (Fsp3) is 0.440. The summed E-state index contributed by atoms with van der Waals surface area (Å²) in [6, 6.07) is 15.9. The Morgan fingerprint density at radius 2 is 1.87 bits per heavy atom. The molecule has 31 heavy (non-hydrogen) atoms. The number of aliphatic imine (C=N–C) groups is 1. The number of carbonyl (C=O) groups excluding carboxylic acids is 1. The first-order chi connectivity index (χ1) is 14.9. The van der Waals surface area contributed by atoms with E-state index in [1.165, 1.54) is 0 Å². The molecule has 3 N–H and O–H groups in total. The molecule has 2 aromatic carbocycles. The zero-order valence-electron chi connectivity index (χ0n) is 19.0. The molecule has 0 aromatic heterocycles. The number of hydrogen-bond acceptors (Lipinski definition) is 3. The summed E-state index contributed by atoms with van der Waals surface area (Å²) in [5.74, 6) is 1.63. The Balaban J connectivity index is 1.58. The highest BCUT2D eigenvalue weighted by Gasteiger charge is 2.33. The van der Waals surface area contributed by atoms with Crippen LogP contribution >= 0.6 is 0 Å². The molecule has 3 rings (SSSR count). The van der Waals surface area contributed by atoms with Gasteiger partial charge in [0, 0.05) is 37.7 Å². The molecule has 0 saturated heterocycles. The summed E-state index contributed by atoms with van der Waals surface area (Å²) in [6.45, 7) is 7.65. The highest BCUT2D eigenvalue weighted by Crippen LogP contribution is 2.39. The molecule has 1 amide bonds. The lowest BCUT2D eigenvalue weighted by Crippen LogP contribution is -2.45. The van der Waals surface area contributed by atoms with Gasteiger partial charge in [-0.2, -0.15) is 0 Å². The van der Waals surface area contributed by atoms with E-state index in [-0.39, 0.29) is 17.6 Å². The van der Waals surface area contributed by atoms with Crippen LogP contribution in [-0.2, 0) is 6.54 Å². The Morgan fingerprint density at radius 1 is 1.13 bits per heavy atom. The summed E-state index contributed by atoms with van der Waals surface area (Å²) in [6.07, 6.45) is 2.90. The van der Waals surface area contributed by atoms with Gasteiger partial charge >= 0.3 is 0 Å². The topological polar surface area (TPSA) is 74.8 Å². The fourth-order valence-corrected chi connectivity index (χ4v) is 3.73. The van der Waals surface area contributed by atoms with Crippen LogP contribution in [0, 0.1) is 0 Å². The molecule has 6 nitrogen and oxygen atoms in total. The third-order valence-corrected chi connectivity index (χ3v) is 5.40. The first kappa shape index (κ1) is 22.7. The number of nitrogens with zero attached hydrogens (tertiary/aromatic N) is 1. The van der Waals surface area contributed by atoms with E-state index < -0.39 is 0 Å². The molecule has 0 aliphatic carbocycles. The van der Waals surface area contributed by atoms with Gasteiger partial charge in [-0.25, -0.2) is 0 Å². The van der Waals surface area contributed by atoms with Crippen molar-refractivity contribution in [2.75, 3.05) is 13.6 Å². The Labute approximate surface area is 185 Å². The molecule has 1 aliphatic rings. The van der Waals surface area contributed by atoms with Crippen LogP contribution < -0.4 is 20.7 Å². The van der Waals surface area contributed by atoms with Crippen LogP contribution in [0.4, 0.5) is 0 Å². The zero-order chi connectivity index (χ0) is 22.3. The first-order valence-corrected chi connectivity index (χ1v) is 11.0. The van der Waals surface area contributed by atoms with Gasteiger partial charge in [0.15, 0.2) is 5.96 Å². The van der Waals surface area contributed by atoms with Gasteiger partial charge in [0.2, 0.25) is 0 Å². The van der Waals surface area contributed by atoms with Gasteiger partial charge in [-0.1, -0.05) is 43.7 Å². The van der Waals surface area contributed by atoms with Crippen LogP contribution in [0.15, 0.2) is 53.5 Å². The molecule has 1 heterocycles. The lowest BCUT2D eigenvalue weighted by molar-refractivity contribution is 0.0694. The summed E-state index contributed by atoms with van der Waals surface area (Å²) in [5.41, 5.74) is 2.66. The quantitative estimate of drug-likeness (QED) is 0.355. The molecule has 0 spiro atoms. The van der Waals surface area contributed by atoms with E-state index in [4.69, 9.17) is 4.74 Å². The lowest BCUT2D eigenvalue weighted by Gasteiger charge is -2.38. The summed E-state index contributed by atoms with van der Waals surface area (Å²) in [5, 5.41) is 9.87. The summed E-state index contributed by atoms with van der Waals surface area (Å²) >= 11 is 0. The van der Waals surface area contributed by atoms with Gasteiger partial charge in [-0.3, -0.25) is 9.79 Å². The Hall–Kier alpha value is -3.02. The number of para-hydroxylation sites is 1. The molecular formula is C25H34N4O2. The average Bonchev–Trinajstić information content (AvgIpc) is 2.76. The molecule has 2 aromatic rings. The summed E-state index contributed by atoms with van der Waals surface area (Å²) in [7, 11) is 1.77. The molecule has 0 saturated carbocycles. The molecule has 1 atom stereocenters. The molecular weight excluding hydrogens is 388 g/mol. The monoisotopic (exact) mass is 422 g/mol. The van der Waals surface area contributed by atoms with Crippen molar-refractivity contribution in [1.29, 1.82) is 0 Å². The van der Waals surface area contributed by atoms with Crippen molar-refractivity contribution in [2.45, 2.75) is 58.2 Å². The van der Waals surface area contributed by atoms with Crippen LogP contribution in [0.1, 0.15) is 67.6 Å². The smallest absolute Gasteiger partial charge is 0.251 e. The maximum Gasteiger partial charge on any atom is 0.251 e. The SMILES string of the molecule is CCCCNC(=O)c1ccc(CNC(=NC)NC2CC(C)(C)Oc3ccccc32)cc1. The predicted octanol–water partition coefficient (Wildman–Crippen LogP) is 4.18. The van der Waals surface area contributed by atoms with Crippen molar-refractivity contribution < 1.29 is 9.53 Å². The first-order valence-electron chi connectivity index (χ1n) is 11.0. The minimum absolute atomic E-state index is 0.0220. The highest BCUT2D eigenvalue weighted by atomic mass is 16.5. The standard InChI is InChI=1S/C25H34N4O2/c1-5-6-15-27-23(30)19-13-11-18(12-14-19)17-28-24(26-4)29-21-16-25(2,3)31-22-10-8-7-9-20(21)22/h7-14,21H,5-6,15-17H2,1-4H3,(H,27,30)(H2,26,28,29). The van der Waals surface area contributed by atoms with E-state index in [9.17, 15) is 4.79 Å². The third-order valence-electron chi connectivity index (χ3n) is 5.40. The second-order valence-electron chi connectivity index (χ2n) is 8.53. The van der Waals surface area contributed by atoms with Crippen LogP contribution in [0.5, 0.6) is 5.75 Å². The lowest BCUT2D eigenvalue weighted by atomic mass is 9.90. The number of hydrogen-bond donors (Lipinski definition) is 3. The predicted molar refractivity (Wildman–Crippen MR) is 126 cm³/mol. The average molecular weight is 423 g/mol. The van der Waals surface area contributed by atoms with Crippen LogP contribution in [-0.4, -0.2) is 31.1 Å². The number of carbonyl (C=O) groups is 1. The van der Waals surface area contributed by atoms with Crippen molar-refractivity contribution >= 4 is 11.9 Å². The van der Waals surface area contributed by atoms with Gasteiger partial charge in [-0.15, -0.1) is 0 Å². The molecule has 166 valence electrons. The van der Waals surface area contributed by atoms with Crippen LogP contribution in [0.3, 0.4) is 0 Å². The highest BCUT2D eigenvalue weighted by molar-refractivity contribution is 5.94. The number of fused-ring (bicyclic) bond motifs is 1. The third kappa shape index (κ3) is 6.23. The second kappa shape index (κ2) is 10.3. The normalized spacial score (nSPS) is 17.3. The van der Waals surface area contributed by atoms with E-state index in [2.05, 4.69) is 47.8 Å². The number of ether oxygens (including phenoxy) is 1. The van der Waals surface area contributed by atoms with Crippen LogP contribution in [0.25, 0.3) is 0 Å². The van der Waals surface area contributed by atoms with Gasteiger partial charge in [-0.05, 0) is 44.0 Å². The molecule has 0 bridgehead atoms. The number of unbranched alkanes of at least 4 members (excludes halogenated alkanes) is 1. The second-order valence-corrected chi connectivity index (χ2v) is 8.53. The number of benzene rings is 2. The minimum atomic E-state index is -0.252.